The van der Waals surface area contributed by atoms with Crippen LogP contribution in [0.2, 0.25) is 0 Å². The Morgan fingerprint density at radius 2 is 1.82 bits per heavy atom. The molecule has 28 heavy (non-hydrogen) atoms. The molecule has 3 heterocycles. The molecule has 0 saturated carbocycles. The largest absolute Gasteiger partial charge is 0.421 e. The summed E-state index contributed by atoms with van der Waals surface area (Å²) < 4.78 is 5.47. The van der Waals surface area contributed by atoms with Gasteiger partial charge in [0.05, 0.1) is 11.4 Å². The van der Waals surface area contributed by atoms with Crippen molar-refractivity contribution in [2.24, 2.45) is 0 Å². The zero-order valence-corrected chi connectivity index (χ0v) is 15.8. The molecular formula is C22H22N4O2. The summed E-state index contributed by atoms with van der Waals surface area (Å²) in [7, 11) is 0. The molecule has 1 saturated heterocycles. The molecule has 2 aliphatic rings. The number of fused-ring (bicyclic) bond motifs is 3. The zero-order valence-electron chi connectivity index (χ0n) is 15.8. The van der Waals surface area contributed by atoms with Gasteiger partial charge in [0.15, 0.2) is 0 Å². The van der Waals surface area contributed by atoms with Crippen LogP contribution in [0.25, 0.3) is 11.5 Å². The number of carbonyl (C=O) groups is 1. The number of nitrogens with zero attached hydrogens (tertiary/aromatic N) is 4. The SMILES string of the molecule is Cc1nnc(-c2ccc(C(=O)N3CC4CCCCN4c4ccccc43)cc2)o1. The predicted octanol–water partition coefficient (Wildman–Crippen LogP) is 4.06. The lowest BCUT2D eigenvalue weighted by Crippen LogP contribution is -2.52. The molecule has 0 N–H and O–H groups in total. The second kappa shape index (κ2) is 6.78. The maximum Gasteiger partial charge on any atom is 0.258 e. The van der Waals surface area contributed by atoms with Gasteiger partial charge in [-0.15, -0.1) is 10.2 Å². The van der Waals surface area contributed by atoms with Crippen molar-refractivity contribution in [3.05, 3.63) is 60.0 Å². The molecule has 1 unspecified atom stereocenters. The molecular weight excluding hydrogens is 352 g/mol. The second-order valence-corrected chi connectivity index (χ2v) is 7.45. The van der Waals surface area contributed by atoms with Gasteiger partial charge in [-0.3, -0.25) is 4.79 Å². The van der Waals surface area contributed by atoms with Crippen molar-refractivity contribution in [3.63, 3.8) is 0 Å². The molecule has 1 atom stereocenters. The van der Waals surface area contributed by atoms with Crippen molar-refractivity contribution in [1.82, 2.24) is 10.2 Å². The van der Waals surface area contributed by atoms with Gasteiger partial charge >= 0.3 is 0 Å². The van der Waals surface area contributed by atoms with Crippen LogP contribution in [0.5, 0.6) is 0 Å². The van der Waals surface area contributed by atoms with E-state index in [0.29, 0.717) is 23.4 Å². The van der Waals surface area contributed by atoms with Crippen molar-refractivity contribution in [2.45, 2.75) is 32.2 Å². The van der Waals surface area contributed by atoms with E-state index in [9.17, 15) is 4.79 Å². The molecule has 0 spiro atoms. The summed E-state index contributed by atoms with van der Waals surface area (Å²) in [4.78, 5) is 17.8. The van der Waals surface area contributed by atoms with Crippen LogP contribution >= 0.6 is 0 Å². The minimum atomic E-state index is 0.0333. The number of benzene rings is 2. The number of piperidine rings is 1. The van der Waals surface area contributed by atoms with Gasteiger partial charge < -0.3 is 14.2 Å². The van der Waals surface area contributed by atoms with E-state index in [4.69, 9.17) is 4.42 Å². The summed E-state index contributed by atoms with van der Waals surface area (Å²) in [6, 6.07) is 16.0. The number of carbonyl (C=O) groups excluding carboxylic acids is 1. The van der Waals surface area contributed by atoms with Crippen molar-refractivity contribution < 1.29 is 9.21 Å². The minimum Gasteiger partial charge on any atom is -0.421 e. The topological polar surface area (TPSA) is 62.5 Å². The summed E-state index contributed by atoms with van der Waals surface area (Å²) in [6.07, 6.45) is 3.58. The van der Waals surface area contributed by atoms with Gasteiger partial charge in [0.1, 0.15) is 0 Å². The molecule has 0 bridgehead atoms. The molecule has 0 aliphatic carbocycles. The zero-order chi connectivity index (χ0) is 19.1. The van der Waals surface area contributed by atoms with Crippen LogP contribution in [0.3, 0.4) is 0 Å². The molecule has 1 fully saturated rings. The van der Waals surface area contributed by atoms with Crippen molar-refractivity contribution in [3.8, 4) is 11.5 Å². The van der Waals surface area contributed by atoms with Gasteiger partial charge in [-0.05, 0) is 55.7 Å². The number of hydrogen-bond donors (Lipinski definition) is 0. The third-order valence-corrected chi connectivity index (χ3v) is 5.65. The number of hydrogen-bond acceptors (Lipinski definition) is 5. The molecule has 142 valence electrons. The van der Waals surface area contributed by atoms with Gasteiger partial charge in [-0.25, -0.2) is 0 Å². The fourth-order valence-electron chi connectivity index (χ4n) is 4.27. The van der Waals surface area contributed by atoms with Crippen LogP contribution < -0.4 is 9.80 Å². The standard InChI is InChI=1S/C22H22N4O2/c1-15-23-24-21(28-15)16-9-11-17(12-10-16)22(27)26-14-18-6-4-5-13-25(18)19-7-2-3-8-20(19)26/h2-3,7-12,18H,4-6,13-14H2,1H3. The Hall–Kier alpha value is -3.15. The lowest BCUT2D eigenvalue weighted by atomic mass is 9.96. The van der Waals surface area contributed by atoms with Crippen molar-refractivity contribution in [2.75, 3.05) is 22.9 Å². The highest BCUT2D eigenvalue weighted by Crippen LogP contribution is 2.39. The molecule has 1 aromatic heterocycles. The maximum atomic E-state index is 13.3. The van der Waals surface area contributed by atoms with Gasteiger partial charge in [0, 0.05) is 37.2 Å². The van der Waals surface area contributed by atoms with E-state index in [2.05, 4.69) is 27.2 Å². The van der Waals surface area contributed by atoms with E-state index >= 15 is 0 Å². The molecule has 5 rings (SSSR count). The first kappa shape index (κ1) is 17.0. The third-order valence-electron chi connectivity index (χ3n) is 5.65. The number of para-hydroxylation sites is 2. The summed E-state index contributed by atoms with van der Waals surface area (Å²) in [5.74, 6) is 1.03. The maximum absolute atomic E-state index is 13.3. The summed E-state index contributed by atoms with van der Waals surface area (Å²) >= 11 is 0. The lowest BCUT2D eigenvalue weighted by Gasteiger charge is -2.46. The number of rotatable bonds is 2. The normalized spacial score (nSPS) is 18.5. The molecule has 3 aromatic rings. The van der Waals surface area contributed by atoms with E-state index in [-0.39, 0.29) is 5.91 Å². The Bertz CT molecular complexity index is 1010. The van der Waals surface area contributed by atoms with Gasteiger partial charge in [0.25, 0.3) is 5.91 Å². The monoisotopic (exact) mass is 374 g/mol. The molecule has 0 radical (unpaired) electrons. The second-order valence-electron chi connectivity index (χ2n) is 7.45. The van der Waals surface area contributed by atoms with Crippen LogP contribution in [0, 0.1) is 6.92 Å². The first-order chi connectivity index (χ1) is 13.7. The van der Waals surface area contributed by atoms with Crippen molar-refractivity contribution >= 4 is 17.3 Å². The van der Waals surface area contributed by atoms with E-state index in [0.717, 1.165) is 30.8 Å². The Kier molecular flexibility index (Phi) is 4.11. The summed E-state index contributed by atoms with van der Waals surface area (Å²) in [5, 5.41) is 7.90. The molecule has 1 amide bonds. The van der Waals surface area contributed by atoms with Crippen LogP contribution in [0.4, 0.5) is 11.4 Å². The van der Waals surface area contributed by atoms with Gasteiger partial charge in [-0.2, -0.15) is 0 Å². The predicted molar refractivity (Wildman–Crippen MR) is 108 cm³/mol. The Morgan fingerprint density at radius 3 is 2.57 bits per heavy atom. The molecule has 6 nitrogen and oxygen atoms in total. The van der Waals surface area contributed by atoms with Crippen LogP contribution in [0.1, 0.15) is 35.5 Å². The number of amides is 1. The average molecular weight is 374 g/mol. The fourth-order valence-corrected chi connectivity index (χ4v) is 4.27. The van der Waals surface area contributed by atoms with E-state index in [1.54, 1.807) is 6.92 Å². The number of anilines is 2. The van der Waals surface area contributed by atoms with E-state index in [1.165, 1.54) is 18.5 Å². The first-order valence-corrected chi connectivity index (χ1v) is 9.79. The number of aromatic nitrogens is 2. The lowest BCUT2D eigenvalue weighted by molar-refractivity contribution is 0.0982. The van der Waals surface area contributed by atoms with Crippen LogP contribution in [0.15, 0.2) is 52.9 Å². The third kappa shape index (κ3) is 2.85. The summed E-state index contributed by atoms with van der Waals surface area (Å²) in [6.45, 7) is 3.57. The van der Waals surface area contributed by atoms with Crippen molar-refractivity contribution in [1.29, 1.82) is 0 Å². The number of aryl methyl sites for hydroxylation is 1. The highest BCUT2D eigenvalue weighted by atomic mass is 16.4. The van der Waals surface area contributed by atoms with Crippen LogP contribution in [-0.2, 0) is 0 Å². The molecule has 6 heteroatoms. The highest BCUT2D eigenvalue weighted by Gasteiger charge is 2.35. The summed E-state index contributed by atoms with van der Waals surface area (Å²) in [5.41, 5.74) is 3.65. The Morgan fingerprint density at radius 1 is 1.04 bits per heavy atom. The molecule has 2 aromatic carbocycles. The van der Waals surface area contributed by atoms with Gasteiger partial charge in [0.2, 0.25) is 11.8 Å². The Labute approximate surface area is 163 Å². The Balaban J connectivity index is 1.46. The average Bonchev–Trinajstić information content (AvgIpc) is 3.19. The van der Waals surface area contributed by atoms with E-state index < -0.39 is 0 Å². The van der Waals surface area contributed by atoms with E-state index in [1.807, 2.05) is 41.3 Å². The molecule has 2 aliphatic heterocycles. The highest BCUT2D eigenvalue weighted by molar-refractivity contribution is 6.08. The quantitative estimate of drug-likeness (QED) is 0.677. The van der Waals surface area contributed by atoms with Crippen LogP contribution in [-0.4, -0.2) is 35.2 Å². The van der Waals surface area contributed by atoms with Gasteiger partial charge in [-0.1, -0.05) is 12.1 Å². The fraction of sp³-hybridized carbons (Fsp3) is 0.318. The smallest absolute Gasteiger partial charge is 0.258 e. The first-order valence-electron chi connectivity index (χ1n) is 9.79. The minimum absolute atomic E-state index is 0.0333.